The van der Waals surface area contributed by atoms with Crippen molar-refractivity contribution in [3.8, 4) is 0 Å². The Morgan fingerprint density at radius 2 is 2.04 bits per heavy atom. The van der Waals surface area contributed by atoms with E-state index in [2.05, 4.69) is 10.6 Å². The van der Waals surface area contributed by atoms with Crippen LogP contribution in [-0.2, 0) is 4.79 Å². The molecule has 3 rings (SSSR count). The molecule has 2 N–H and O–H groups in total. The van der Waals surface area contributed by atoms with Crippen LogP contribution in [0.2, 0.25) is 5.02 Å². The summed E-state index contributed by atoms with van der Waals surface area (Å²) in [6, 6.07) is 7.41. The molecule has 0 aromatic heterocycles. The van der Waals surface area contributed by atoms with Gasteiger partial charge in [0.2, 0.25) is 5.91 Å². The summed E-state index contributed by atoms with van der Waals surface area (Å²) in [6.07, 6.45) is 5.80. The van der Waals surface area contributed by atoms with Gasteiger partial charge in [0.05, 0.1) is 6.04 Å². The summed E-state index contributed by atoms with van der Waals surface area (Å²) in [4.78, 5) is 26.1. The Balaban J connectivity index is 1.65. The van der Waals surface area contributed by atoms with Crippen LogP contribution in [-0.4, -0.2) is 36.5 Å². The van der Waals surface area contributed by atoms with E-state index in [1.54, 1.807) is 11.9 Å². The Kier molecular flexibility index (Phi) is 5.84. The van der Waals surface area contributed by atoms with Crippen LogP contribution >= 0.6 is 11.6 Å². The maximum absolute atomic E-state index is 12.5. The molecule has 1 saturated carbocycles. The lowest BCUT2D eigenvalue weighted by Crippen LogP contribution is -2.50. The number of hydrogen-bond acceptors (Lipinski definition) is 2. The average Bonchev–Trinajstić information content (AvgIpc) is 3.10. The van der Waals surface area contributed by atoms with Crippen LogP contribution in [0.25, 0.3) is 0 Å². The van der Waals surface area contributed by atoms with Gasteiger partial charge >= 0.3 is 6.03 Å². The van der Waals surface area contributed by atoms with Gasteiger partial charge in [-0.15, -0.1) is 0 Å². The third-order valence-electron chi connectivity index (χ3n) is 5.36. The van der Waals surface area contributed by atoms with Crippen molar-refractivity contribution < 1.29 is 9.59 Å². The molecule has 25 heavy (non-hydrogen) atoms. The maximum atomic E-state index is 12.5. The number of nitrogens with one attached hydrogen (secondary N) is 2. The number of amides is 3. The summed E-state index contributed by atoms with van der Waals surface area (Å²) in [6.45, 7) is 0.685. The van der Waals surface area contributed by atoms with Gasteiger partial charge in [-0.25, -0.2) is 4.79 Å². The summed E-state index contributed by atoms with van der Waals surface area (Å²) < 4.78 is 0. The van der Waals surface area contributed by atoms with Crippen LogP contribution in [0.15, 0.2) is 24.3 Å². The van der Waals surface area contributed by atoms with Crippen LogP contribution in [0.1, 0.15) is 50.1 Å². The number of nitrogens with zero attached hydrogens (tertiary/aromatic N) is 1. The zero-order valence-electron chi connectivity index (χ0n) is 14.6. The molecule has 3 amide bonds. The molecule has 1 heterocycles. The molecule has 1 aromatic carbocycles. The van der Waals surface area contributed by atoms with Crippen molar-refractivity contribution in [2.75, 3.05) is 13.6 Å². The van der Waals surface area contributed by atoms with Crippen LogP contribution < -0.4 is 10.6 Å². The van der Waals surface area contributed by atoms with E-state index in [9.17, 15) is 9.59 Å². The van der Waals surface area contributed by atoms with Crippen molar-refractivity contribution in [1.29, 1.82) is 0 Å². The molecule has 1 aromatic rings. The SMILES string of the molecule is CN1CCC(NC(=O)NC(c2cccc(Cl)c2)C2CCCC2)CC1=O. The molecule has 2 unspecified atom stereocenters. The smallest absolute Gasteiger partial charge is 0.315 e. The minimum absolute atomic E-state index is 0.0387. The van der Waals surface area contributed by atoms with E-state index in [0.717, 1.165) is 24.8 Å². The number of urea groups is 1. The summed E-state index contributed by atoms with van der Waals surface area (Å²) in [5.74, 6) is 0.516. The lowest BCUT2D eigenvalue weighted by atomic mass is 9.91. The molecule has 0 spiro atoms. The first-order valence-corrected chi connectivity index (χ1v) is 9.47. The van der Waals surface area contributed by atoms with Crippen molar-refractivity contribution in [1.82, 2.24) is 15.5 Å². The normalized spacial score (nSPS) is 22.7. The van der Waals surface area contributed by atoms with E-state index in [0.29, 0.717) is 23.9 Å². The first-order valence-electron chi connectivity index (χ1n) is 9.09. The lowest BCUT2D eigenvalue weighted by molar-refractivity contribution is -0.132. The lowest BCUT2D eigenvalue weighted by Gasteiger charge is -2.31. The first kappa shape index (κ1) is 18.1. The summed E-state index contributed by atoms with van der Waals surface area (Å²) in [5.41, 5.74) is 1.05. The number of benzene rings is 1. The molecular formula is C19H26ClN3O2. The van der Waals surface area contributed by atoms with E-state index >= 15 is 0 Å². The van der Waals surface area contributed by atoms with Crippen LogP contribution in [0, 0.1) is 5.92 Å². The van der Waals surface area contributed by atoms with Gasteiger partial charge in [0.25, 0.3) is 0 Å². The standard InChI is InChI=1S/C19H26ClN3O2/c1-23-10-9-16(12-17(23)24)21-19(25)22-18(13-5-2-3-6-13)14-7-4-8-15(20)11-14/h4,7-8,11,13,16,18H,2-3,5-6,9-10,12H2,1H3,(H2,21,22,25). The average molecular weight is 364 g/mol. The predicted octanol–water partition coefficient (Wildman–Crippen LogP) is 3.49. The predicted molar refractivity (Wildman–Crippen MR) is 98.5 cm³/mol. The fourth-order valence-electron chi connectivity index (χ4n) is 3.90. The first-order chi connectivity index (χ1) is 12.0. The second kappa shape index (κ2) is 8.09. The third-order valence-corrected chi connectivity index (χ3v) is 5.60. The molecule has 0 radical (unpaired) electrons. The van der Waals surface area contributed by atoms with E-state index in [-0.39, 0.29) is 24.0 Å². The van der Waals surface area contributed by atoms with Gasteiger partial charge in [-0.2, -0.15) is 0 Å². The molecular weight excluding hydrogens is 338 g/mol. The van der Waals surface area contributed by atoms with Gasteiger partial charge in [-0.3, -0.25) is 4.79 Å². The highest BCUT2D eigenvalue weighted by Gasteiger charge is 2.29. The maximum Gasteiger partial charge on any atom is 0.315 e. The molecule has 1 aliphatic heterocycles. The zero-order valence-corrected chi connectivity index (χ0v) is 15.4. The molecule has 5 nitrogen and oxygen atoms in total. The zero-order chi connectivity index (χ0) is 17.8. The van der Waals surface area contributed by atoms with Gasteiger partial charge in [-0.05, 0) is 42.9 Å². The monoisotopic (exact) mass is 363 g/mol. The minimum atomic E-state index is -0.195. The van der Waals surface area contributed by atoms with Crippen molar-refractivity contribution in [2.24, 2.45) is 5.92 Å². The number of halogens is 1. The second-order valence-electron chi connectivity index (χ2n) is 7.20. The number of rotatable bonds is 4. The number of piperidine rings is 1. The Bertz CT molecular complexity index is 631. The van der Waals surface area contributed by atoms with E-state index < -0.39 is 0 Å². The van der Waals surface area contributed by atoms with Crippen LogP contribution in [0.3, 0.4) is 0 Å². The fraction of sp³-hybridized carbons (Fsp3) is 0.579. The molecule has 6 heteroatoms. The molecule has 2 fully saturated rings. The Hall–Kier alpha value is -1.75. The molecule has 1 saturated heterocycles. The van der Waals surface area contributed by atoms with E-state index in [1.165, 1.54) is 12.8 Å². The summed E-state index contributed by atoms with van der Waals surface area (Å²) in [7, 11) is 1.80. The molecule has 0 bridgehead atoms. The molecule has 136 valence electrons. The van der Waals surface area contributed by atoms with Crippen molar-refractivity contribution in [3.63, 3.8) is 0 Å². The van der Waals surface area contributed by atoms with E-state index in [1.807, 2.05) is 24.3 Å². The minimum Gasteiger partial charge on any atom is -0.346 e. The Morgan fingerprint density at radius 3 is 2.72 bits per heavy atom. The summed E-state index contributed by atoms with van der Waals surface area (Å²) >= 11 is 6.15. The van der Waals surface area contributed by atoms with Crippen molar-refractivity contribution in [3.05, 3.63) is 34.9 Å². The van der Waals surface area contributed by atoms with Gasteiger partial charge < -0.3 is 15.5 Å². The number of carbonyl (C=O) groups excluding carboxylic acids is 2. The Labute approximate surface area is 154 Å². The molecule has 2 atom stereocenters. The number of likely N-dealkylation sites (tertiary alicyclic amines) is 1. The highest BCUT2D eigenvalue weighted by atomic mass is 35.5. The number of hydrogen-bond donors (Lipinski definition) is 2. The largest absolute Gasteiger partial charge is 0.346 e. The highest BCUT2D eigenvalue weighted by Crippen LogP contribution is 2.36. The van der Waals surface area contributed by atoms with Gasteiger partial charge in [0.1, 0.15) is 0 Å². The van der Waals surface area contributed by atoms with Gasteiger partial charge in [-0.1, -0.05) is 36.6 Å². The van der Waals surface area contributed by atoms with Crippen molar-refractivity contribution in [2.45, 2.75) is 50.6 Å². The second-order valence-corrected chi connectivity index (χ2v) is 7.64. The highest BCUT2D eigenvalue weighted by molar-refractivity contribution is 6.30. The van der Waals surface area contributed by atoms with Gasteiger partial charge in [0, 0.05) is 31.1 Å². The molecule has 1 aliphatic carbocycles. The third kappa shape index (κ3) is 4.66. The molecule has 2 aliphatic rings. The Morgan fingerprint density at radius 1 is 1.28 bits per heavy atom. The van der Waals surface area contributed by atoms with Crippen LogP contribution in [0.4, 0.5) is 4.79 Å². The summed E-state index contributed by atoms with van der Waals surface area (Å²) in [5, 5.41) is 6.80. The van der Waals surface area contributed by atoms with E-state index in [4.69, 9.17) is 11.6 Å². The quantitative estimate of drug-likeness (QED) is 0.860. The topological polar surface area (TPSA) is 61.4 Å². The van der Waals surface area contributed by atoms with Gasteiger partial charge in [0.15, 0.2) is 0 Å². The van der Waals surface area contributed by atoms with Crippen molar-refractivity contribution >= 4 is 23.5 Å². The fourth-order valence-corrected chi connectivity index (χ4v) is 4.10. The number of carbonyl (C=O) groups is 2. The van der Waals surface area contributed by atoms with Crippen LogP contribution in [0.5, 0.6) is 0 Å².